The molecular weight excluding hydrogens is 623 g/mol. The molecule has 10 aromatic rings. The summed E-state index contributed by atoms with van der Waals surface area (Å²) < 4.78 is 9.05. The van der Waals surface area contributed by atoms with Gasteiger partial charge in [0.05, 0.1) is 16.4 Å². The monoisotopic (exact) mass is 653 g/mol. The fourth-order valence-corrected chi connectivity index (χ4v) is 7.44. The van der Waals surface area contributed by atoms with Gasteiger partial charge in [-0.05, 0) is 101 Å². The number of nitrogens with zero attached hydrogens (tertiary/aromatic N) is 3. The first kappa shape index (κ1) is 29.0. The predicted molar refractivity (Wildman–Crippen MR) is 211 cm³/mol. The normalized spacial score (nSPS) is 11.5. The molecule has 0 atom stereocenters. The van der Waals surface area contributed by atoms with Gasteiger partial charge in [-0.25, -0.2) is 4.98 Å². The molecule has 0 bridgehead atoms. The molecular formula is C47H31N3O. The van der Waals surface area contributed by atoms with Crippen molar-refractivity contribution in [2.75, 3.05) is 4.90 Å². The van der Waals surface area contributed by atoms with Gasteiger partial charge in [-0.1, -0.05) is 109 Å². The van der Waals surface area contributed by atoms with Crippen LogP contribution >= 0.6 is 0 Å². The molecule has 2 aromatic heterocycles. The van der Waals surface area contributed by atoms with Crippen molar-refractivity contribution >= 4 is 60.7 Å². The van der Waals surface area contributed by atoms with E-state index in [0.29, 0.717) is 5.89 Å². The second kappa shape index (κ2) is 11.9. The second-order valence-electron chi connectivity index (χ2n) is 12.8. The highest BCUT2D eigenvalue weighted by molar-refractivity contribution is 6.27. The molecule has 4 heteroatoms. The van der Waals surface area contributed by atoms with Gasteiger partial charge in [0, 0.05) is 33.7 Å². The van der Waals surface area contributed by atoms with Gasteiger partial charge >= 0.3 is 0 Å². The Hall–Kier alpha value is -6.91. The maximum absolute atomic E-state index is 6.70. The Kier molecular flexibility index (Phi) is 6.78. The summed E-state index contributed by atoms with van der Waals surface area (Å²) in [5, 5.41) is 4.51. The zero-order valence-corrected chi connectivity index (χ0v) is 27.6. The Bertz CT molecular complexity index is 2820. The van der Waals surface area contributed by atoms with Crippen LogP contribution in [-0.4, -0.2) is 9.55 Å². The summed E-state index contributed by atoms with van der Waals surface area (Å²) in [6.07, 6.45) is 0. The lowest BCUT2D eigenvalue weighted by atomic mass is 10.0. The van der Waals surface area contributed by atoms with Gasteiger partial charge in [0.15, 0.2) is 5.58 Å². The molecule has 10 rings (SSSR count). The van der Waals surface area contributed by atoms with Crippen molar-refractivity contribution in [3.8, 4) is 28.3 Å². The van der Waals surface area contributed by atoms with Crippen LogP contribution in [0.5, 0.6) is 0 Å². The minimum Gasteiger partial charge on any atom is -0.435 e. The van der Waals surface area contributed by atoms with Crippen LogP contribution in [0.3, 0.4) is 0 Å². The third-order valence-electron chi connectivity index (χ3n) is 9.79. The van der Waals surface area contributed by atoms with Crippen molar-refractivity contribution in [2.24, 2.45) is 0 Å². The van der Waals surface area contributed by atoms with Crippen molar-refractivity contribution in [3.05, 3.63) is 188 Å². The molecule has 0 spiro atoms. The van der Waals surface area contributed by atoms with Crippen LogP contribution in [0, 0.1) is 0 Å². The summed E-state index contributed by atoms with van der Waals surface area (Å²) in [5.41, 5.74) is 11.5. The van der Waals surface area contributed by atoms with Crippen LogP contribution in [0.15, 0.2) is 192 Å². The lowest BCUT2D eigenvalue weighted by molar-refractivity contribution is 0.623. The standard InChI is InChI=1S/C47H31N3O/c1-5-13-32(14-6-1)33-21-25-38(26-22-33)49(36-17-9-3-10-18-36)39-27-23-34-24-29-42-44(40(34)31-39)45-43(50(42)37-19-11-4-12-20-37)30-28-41-46(45)51-47(48-41)35-15-7-2-8-16-35/h1-31H. The van der Waals surface area contributed by atoms with E-state index in [9.17, 15) is 0 Å². The van der Waals surface area contributed by atoms with Crippen molar-refractivity contribution < 1.29 is 4.42 Å². The van der Waals surface area contributed by atoms with E-state index in [1.54, 1.807) is 0 Å². The van der Waals surface area contributed by atoms with Gasteiger partial charge in [0.1, 0.15) is 5.52 Å². The third kappa shape index (κ3) is 4.88. The van der Waals surface area contributed by atoms with Gasteiger partial charge in [-0.15, -0.1) is 0 Å². The topological polar surface area (TPSA) is 34.2 Å². The molecule has 4 nitrogen and oxygen atoms in total. The van der Waals surface area contributed by atoms with E-state index in [4.69, 9.17) is 9.40 Å². The van der Waals surface area contributed by atoms with Gasteiger partial charge in [-0.3, -0.25) is 0 Å². The van der Waals surface area contributed by atoms with Crippen molar-refractivity contribution in [2.45, 2.75) is 0 Å². The molecule has 2 heterocycles. The van der Waals surface area contributed by atoms with E-state index >= 15 is 0 Å². The molecule has 51 heavy (non-hydrogen) atoms. The van der Waals surface area contributed by atoms with E-state index in [2.05, 4.69) is 167 Å². The third-order valence-corrected chi connectivity index (χ3v) is 9.79. The number of hydrogen-bond donors (Lipinski definition) is 0. The number of hydrogen-bond acceptors (Lipinski definition) is 3. The molecule has 0 amide bonds. The average Bonchev–Trinajstić information content (AvgIpc) is 3.80. The fourth-order valence-electron chi connectivity index (χ4n) is 7.44. The maximum Gasteiger partial charge on any atom is 0.227 e. The Morgan fingerprint density at radius 3 is 1.73 bits per heavy atom. The first-order valence-corrected chi connectivity index (χ1v) is 17.2. The first-order valence-electron chi connectivity index (χ1n) is 17.2. The summed E-state index contributed by atoms with van der Waals surface area (Å²) in [6, 6.07) is 66.2. The minimum absolute atomic E-state index is 0.619. The first-order chi connectivity index (χ1) is 25.3. The number of aromatic nitrogens is 2. The van der Waals surface area contributed by atoms with Crippen molar-refractivity contribution in [1.29, 1.82) is 0 Å². The number of rotatable bonds is 6. The van der Waals surface area contributed by atoms with E-state index in [0.717, 1.165) is 72.0 Å². The van der Waals surface area contributed by atoms with E-state index < -0.39 is 0 Å². The van der Waals surface area contributed by atoms with Crippen LogP contribution in [0.2, 0.25) is 0 Å². The summed E-state index contributed by atoms with van der Waals surface area (Å²) in [5.74, 6) is 0.619. The average molecular weight is 654 g/mol. The zero-order chi connectivity index (χ0) is 33.7. The van der Waals surface area contributed by atoms with Crippen LogP contribution in [-0.2, 0) is 0 Å². The molecule has 0 aliphatic rings. The molecule has 0 aliphatic heterocycles. The Morgan fingerprint density at radius 2 is 1.00 bits per heavy atom. The van der Waals surface area contributed by atoms with Gasteiger partial charge < -0.3 is 13.9 Å². The van der Waals surface area contributed by atoms with Gasteiger partial charge in [0.2, 0.25) is 5.89 Å². The molecule has 0 N–H and O–H groups in total. The number of fused-ring (bicyclic) bond motifs is 7. The Labute approximate surface area is 295 Å². The summed E-state index contributed by atoms with van der Waals surface area (Å²) in [4.78, 5) is 7.31. The highest BCUT2D eigenvalue weighted by atomic mass is 16.3. The molecule has 240 valence electrons. The highest BCUT2D eigenvalue weighted by Crippen LogP contribution is 2.44. The summed E-state index contributed by atoms with van der Waals surface area (Å²) in [6.45, 7) is 0. The predicted octanol–water partition coefficient (Wildman–Crippen LogP) is 12.9. The van der Waals surface area contributed by atoms with Crippen molar-refractivity contribution in [1.82, 2.24) is 9.55 Å². The lowest BCUT2D eigenvalue weighted by Gasteiger charge is -2.26. The number of para-hydroxylation sites is 2. The molecule has 0 fully saturated rings. The molecule has 0 unspecified atom stereocenters. The molecule has 0 saturated heterocycles. The van der Waals surface area contributed by atoms with Crippen LogP contribution in [0.4, 0.5) is 17.1 Å². The van der Waals surface area contributed by atoms with Crippen molar-refractivity contribution in [3.63, 3.8) is 0 Å². The van der Waals surface area contributed by atoms with E-state index in [-0.39, 0.29) is 0 Å². The summed E-state index contributed by atoms with van der Waals surface area (Å²) >= 11 is 0. The summed E-state index contributed by atoms with van der Waals surface area (Å²) in [7, 11) is 0. The molecule has 0 aliphatic carbocycles. The number of benzene rings is 8. The lowest BCUT2D eigenvalue weighted by Crippen LogP contribution is -2.09. The Morgan fingerprint density at radius 1 is 0.451 bits per heavy atom. The Balaban J connectivity index is 1.24. The quantitative estimate of drug-likeness (QED) is 0.179. The van der Waals surface area contributed by atoms with Gasteiger partial charge in [-0.2, -0.15) is 0 Å². The SMILES string of the molecule is c1ccc(-c2ccc(N(c3ccccc3)c3ccc4ccc5c(c4c3)c3c4oc(-c6ccccc6)nc4ccc3n5-c3ccccc3)cc2)cc1. The van der Waals surface area contributed by atoms with E-state index in [1.165, 1.54) is 11.1 Å². The molecule has 0 radical (unpaired) electrons. The van der Waals surface area contributed by atoms with Crippen LogP contribution in [0.25, 0.3) is 71.9 Å². The smallest absolute Gasteiger partial charge is 0.227 e. The van der Waals surface area contributed by atoms with Crippen LogP contribution in [0.1, 0.15) is 0 Å². The second-order valence-corrected chi connectivity index (χ2v) is 12.8. The van der Waals surface area contributed by atoms with Crippen LogP contribution < -0.4 is 4.90 Å². The maximum atomic E-state index is 6.70. The van der Waals surface area contributed by atoms with E-state index in [1.807, 2.05) is 30.3 Å². The minimum atomic E-state index is 0.619. The molecule has 8 aromatic carbocycles. The fraction of sp³-hybridized carbons (Fsp3) is 0. The largest absolute Gasteiger partial charge is 0.435 e. The number of anilines is 3. The zero-order valence-electron chi connectivity index (χ0n) is 27.6. The number of oxazole rings is 1. The highest BCUT2D eigenvalue weighted by Gasteiger charge is 2.22. The molecule has 0 saturated carbocycles. The van der Waals surface area contributed by atoms with Gasteiger partial charge in [0.25, 0.3) is 0 Å².